The van der Waals surface area contributed by atoms with Crippen molar-refractivity contribution in [1.82, 2.24) is 0 Å². The molecule has 0 atom stereocenters. The maximum Gasteiger partial charge on any atom is 0.391 e. The van der Waals surface area contributed by atoms with Gasteiger partial charge in [-0.2, -0.15) is 13.2 Å². The normalized spacial score (nSPS) is 22.9. The number of nitrogens with two attached hydrogens (primary N) is 1. The van der Waals surface area contributed by atoms with Gasteiger partial charge < -0.3 is 11.1 Å². The van der Waals surface area contributed by atoms with Crippen LogP contribution in [0.15, 0.2) is 22.7 Å². The Kier molecular flexibility index (Phi) is 4.81. The Balaban J connectivity index is 1.92. The van der Waals surface area contributed by atoms with Crippen LogP contribution in [0.3, 0.4) is 0 Å². The minimum Gasteiger partial charge on any atom is -0.398 e. The molecular formula is C14H16BrF3N2O. The van der Waals surface area contributed by atoms with Crippen molar-refractivity contribution in [3.8, 4) is 0 Å². The standard InChI is InChI=1S/C14H16BrF3N2O/c15-11-7-10(5-6-12(11)19)20-13(21)8-1-3-9(4-2-8)14(16,17)18/h5-9H,1-4,19H2,(H,20,21). The largest absolute Gasteiger partial charge is 0.398 e. The molecular weight excluding hydrogens is 349 g/mol. The van der Waals surface area contributed by atoms with Crippen LogP contribution in [0.4, 0.5) is 24.5 Å². The molecule has 116 valence electrons. The van der Waals surface area contributed by atoms with Gasteiger partial charge in [0.1, 0.15) is 0 Å². The predicted octanol–water partition coefficient (Wildman–Crippen LogP) is 4.34. The summed E-state index contributed by atoms with van der Waals surface area (Å²) in [4.78, 5) is 12.1. The number of carbonyl (C=O) groups excluding carboxylic acids is 1. The molecule has 0 aromatic heterocycles. The highest BCUT2D eigenvalue weighted by Crippen LogP contribution is 2.39. The fraction of sp³-hybridized carbons (Fsp3) is 0.500. The van der Waals surface area contributed by atoms with E-state index in [9.17, 15) is 18.0 Å². The van der Waals surface area contributed by atoms with Crippen molar-refractivity contribution >= 4 is 33.2 Å². The minimum atomic E-state index is -4.15. The molecule has 0 unspecified atom stereocenters. The van der Waals surface area contributed by atoms with E-state index >= 15 is 0 Å². The highest BCUT2D eigenvalue weighted by molar-refractivity contribution is 9.10. The Morgan fingerprint density at radius 2 is 1.86 bits per heavy atom. The van der Waals surface area contributed by atoms with E-state index in [1.165, 1.54) is 0 Å². The minimum absolute atomic E-state index is 0.0209. The lowest BCUT2D eigenvalue weighted by atomic mass is 9.81. The van der Waals surface area contributed by atoms with Crippen LogP contribution >= 0.6 is 15.9 Å². The van der Waals surface area contributed by atoms with Gasteiger partial charge in [-0.05, 0) is 59.8 Å². The molecule has 1 aromatic carbocycles. The molecule has 0 bridgehead atoms. The summed E-state index contributed by atoms with van der Waals surface area (Å²) in [5, 5.41) is 2.73. The number of halogens is 4. The molecule has 21 heavy (non-hydrogen) atoms. The van der Waals surface area contributed by atoms with Crippen LogP contribution in [0.5, 0.6) is 0 Å². The Bertz CT molecular complexity index is 525. The van der Waals surface area contributed by atoms with Gasteiger partial charge in [0.25, 0.3) is 0 Å². The van der Waals surface area contributed by atoms with Crippen molar-refractivity contribution in [2.45, 2.75) is 31.9 Å². The Morgan fingerprint density at radius 1 is 1.24 bits per heavy atom. The second-order valence-corrected chi connectivity index (χ2v) is 6.17. The number of benzene rings is 1. The number of nitrogens with one attached hydrogen (secondary N) is 1. The molecule has 1 aliphatic rings. The van der Waals surface area contributed by atoms with Crippen LogP contribution in [0, 0.1) is 11.8 Å². The van der Waals surface area contributed by atoms with Gasteiger partial charge in [-0.3, -0.25) is 4.79 Å². The van der Waals surface area contributed by atoms with E-state index in [2.05, 4.69) is 21.2 Å². The molecule has 2 rings (SSSR count). The van der Waals surface area contributed by atoms with Crippen LogP contribution in [0.2, 0.25) is 0 Å². The van der Waals surface area contributed by atoms with Crippen LogP contribution in [-0.2, 0) is 4.79 Å². The van der Waals surface area contributed by atoms with Crippen LogP contribution < -0.4 is 11.1 Å². The van der Waals surface area contributed by atoms with Crippen molar-refractivity contribution in [1.29, 1.82) is 0 Å². The first-order chi connectivity index (χ1) is 9.77. The molecule has 1 saturated carbocycles. The number of carbonyl (C=O) groups is 1. The summed E-state index contributed by atoms with van der Waals surface area (Å²) in [6, 6.07) is 4.99. The van der Waals surface area contributed by atoms with E-state index in [1.54, 1.807) is 18.2 Å². The lowest BCUT2D eigenvalue weighted by molar-refractivity contribution is -0.184. The van der Waals surface area contributed by atoms with E-state index in [0.717, 1.165) is 0 Å². The summed E-state index contributed by atoms with van der Waals surface area (Å²) in [6.07, 6.45) is -3.57. The first-order valence-corrected chi connectivity index (χ1v) is 7.49. The molecule has 0 heterocycles. The van der Waals surface area contributed by atoms with Gasteiger partial charge in [-0.25, -0.2) is 0 Å². The van der Waals surface area contributed by atoms with E-state index in [4.69, 9.17) is 5.73 Å². The third kappa shape index (κ3) is 4.12. The van der Waals surface area contributed by atoms with Gasteiger partial charge in [0, 0.05) is 21.8 Å². The van der Waals surface area contributed by atoms with E-state index in [0.29, 0.717) is 15.8 Å². The fourth-order valence-electron chi connectivity index (χ4n) is 2.53. The molecule has 3 nitrogen and oxygen atoms in total. The summed E-state index contributed by atoms with van der Waals surface area (Å²) in [7, 11) is 0. The van der Waals surface area contributed by atoms with Gasteiger partial charge in [0.15, 0.2) is 0 Å². The van der Waals surface area contributed by atoms with E-state index < -0.39 is 12.1 Å². The lowest BCUT2D eigenvalue weighted by Gasteiger charge is -2.29. The zero-order chi connectivity index (χ0) is 15.6. The first kappa shape index (κ1) is 16.1. The van der Waals surface area contributed by atoms with Crippen molar-refractivity contribution in [3.05, 3.63) is 22.7 Å². The number of hydrogen-bond acceptors (Lipinski definition) is 2. The molecule has 7 heteroatoms. The van der Waals surface area contributed by atoms with Gasteiger partial charge in [-0.1, -0.05) is 0 Å². The maximum atomic E-state index is 12.6. The average molecular weight is 365 g/mol. The van der Waals surface area contributed by atoms with Gasteiger partial charge in [0.2, 0.25) is 5.91 Å². The van der Waals surface area contributed by atoms with E-state index in [-0.39, 0.29) is 37.5 Å². The third-order valence-electron chi connectivity index (χ3n) is 3.83. The lowest BCUT2D eigenvalue weighted by Crippen LogP contribution is -2.32. The fourth-order valence-corrected chi connectivity index (χ4v) is 2.91. The van der Waals surface area contributed by atoms with Gasteiger partial charge in [-0.15, -0.1) is 0 Å². The number of hydrogen-bond donors (Lipinski definition) is 2. The Morgan fingerprint density at radius 3 is 2.38 bits per heavy atom. The Labute approximate surface area is 129 Å². The number of nitrogen functional groups attached to an aromatic ring is 1. The SMILES string of the molecule is Nc1ccc(NC(=O)C2CCC(C(F)(F)F)CC2)cc1Br. The molecule has 1 amide bonds. The van der Waals surface area contributed by atoms with Crippen molar-refractivity contribution in [2.24, 2.45) is 11.8 Å². The summed E-state index contributed by atoms with van der Waals surface area (Å²) in [5.74, 6) is -1.86. The summed E-state index contributed by atoms with van der Waals surface area (Å²) >= 11 is 3.26. The summed E-state index contributed by atoms with van der Waals surface area (Å²) < 4.78 is 38.4. The van der Waals surface area contributed by atoms with Gasteiger partial charge >= 0.3 is 6.18 Å². The molecule has 0 saturated heterocycles. The number of amides is 1. The smallest absolute Gasteiger partial charge is 0.391 e. The summed E-state index contributed by atoms with van der Waals surface area (Å²) in [5.41, 5.74) is 6.79. The molecule has 1 aliphatic carbocycles. The van der Waals surface area contributed by atoms with Crippen molar-refractivity contribution in [2.75, 3.05) is 11.1 Å². The highest BCUT2D eigenvalue weighted by Gasteiger charge is 2.42. The second-order valence-electron chi connectivity index (χ2n) is 5.32. The zero-order valence-corrected chi connectivity index (χ0v) is 12.8. The zero-order valence-electron chi connectivity index (χ0n) is 11.2. The maximum absolute atomic E-state index is 12.6. The van der Waals surface area contributed by atoms with Crippen LogP contribution in [-0.4, -0.2) is 12.1 Å². The Hall–Kier alpha value is -1.24. The predicted molar refractivity (Wildman–Crippen MR) is 78.7 cm³/mol. The topological polar surface area (TPSA) is 55.1 Å². The molecule has 0 spiro atoms. The number of alkyl halides is 3. The highest BCUT2D eigenvalue weighted by atomic mass is 79.9. The quantitative estimate of drug-likeness (QED) is 0.767. The van der Waals surface area contributed by atoms with Crippen molar-refractivity contribution in [3.63, 3.8) is 0 Å². The second kappa shape index (κ2) is 6.25. The third-order valence-corrected chi connectivity index (χ3v) is 4.52. The first-order valence-electron chi connectivity index (χ1n) is 6.70. The summed E-state index contributed by atoms with van der Waals surface area (Å²) in [6.45, 7) is 0. The monoisotopic (exact) mass is 364 g/mol. The van der Waals surface area contributed by atoms with E-state index in [1.807, 2.05) is 0 Å². The average Bonchev–Trinajstić information content (AvgIpc) is 2.42. The molecule has 1 aromatic rings. The molecule has 1 fully saturated rings. The number of rotatable bonds is 2. The molecule has 3 N–H and O–H groups in total. The van der Waals surface area contributed by atoms with Gasteiger partial charge in [0.05, 0.1) is 5.92 Å². The van der Waals surface area contributed by atoms with Crippen LogP contribution in [0.25, 0.3) is 0 Å². The van der Waals surface area contributed by atoms with Crippen LogP contribution in [0.1, 0.15) is 25.7 Å². The molecule has 0 radical (unpaired) electrons. The number of anilines is 2. The molecule has 0 aliphatic heterocycles. The van der Waals surface area contributed by atoms with Crippen molar-refractivity contribution < 1.29 is 18.0 Å².